The van der Waals surface area contributed by atoms with Crippen LogP contribution in [0.2, 0.25) is 0 Å². The normalized spacial score (nSPS) is 15.4. The first-order chi connectivity index (χ1) is 13.4. The summed E-state index contributed by atoms with van der Waals surface area (Å²) in [5.74, 6) is 0.295. The van der Waals surface area contributed by atoms with Gasteiger partial charge in [-0.05, 0) is 55.0 Å². The molecule has 1 amide bonds. The van der Waals surface area contributed by atoms with E-state index in [1.807, 2.05) is 6.92 Å². The van der Waals surface area contributed by atoms with Crippen molar-refractivity contribution in [3.05, 3.63) is 53.7 Å². The lowest BCUT2D eigenvalue weighted by molar-refractivity contribution is 0.0926. The average molecular weight is 382 g/mol. The summed E-state index contributed by atoms with van der Waals surface area (Å²) in [7, 11) is 0. The van der Waals surface area contributed by atoms with Gasteiger partial charge in [0.25, 0.3) is 5.91 Å². The molecule has 2 heterocycles. The Bertz CT molecular complexity index is 788. The number of piperidine rings is 1. The van der Waals surface area contributed by atoms with Gasteiger partial charge >= 0.3 is 0 Å². The van der Waals surface area contributed by atoms with Crippen LogP contribution in [-0.4, -0.2) is 36.6 Å². The zero-order chi connectivity index (χ0) is 20.1. The fourth-order valence-electron chi connectivity index (χ4n) is 3.53. The predicted octanol–water partition coefficient (Wildman–Crippen LogP) is 4.18. The Labute approximate surface area is 168 Å². The molecule has 2 aromatic rings. The highest BCUT2D eigenvalue weighted by molar-refractivity contribution is 5.96. The molecule has 1 aromatic carbocycles. The number of ether oxygens (including phenoxy) is 1. The van der Waals surface area contributed by atoms with Crippen LogP contribution in [0.4, 0.5) is 5.69 Å². The molecule has 150 valence electrons. The van der Waals surface area contributed by atoms with E-state index in [1.54, 1.807) is 18.3 Å². The Morgan fingerprint density at radius 1 is 1.18 bits per heavy atom. The van der Waals surface area contributed by atoms with Gasteiger partial charge in [0.1, 0.15) is 5.56 Å². The molecule has 0 spiro atoms. The van der Waals surface area contributed by atoms with Crippen molar-refractivity contribution in [3.63, 3.8) is 0 Å². The van der Waals surface area contributed by atoms with Crippen LogP contribution < -0.4 is 15.0 Å². The Kier molecular flexibility index (Phi) is 6.22. The molecule has 0 saturated carbocycles. The van der Waals surface area contributed by atoms with Gasteiger partial charge in [0.05, 0.1) is 6.61 Å². The van der Waals surface area contributed by atoms with Crippen LogP contribution in [-0.2, 0) is 5.41 Å². The van der Waals surface area contributed by atoms with Gasteiger partial charge in [-0.3, -0.25) is 4.79 Å². The number of carbonyl (C=O) groups is 1. The number of aromatic nitrogens is 1. The van der Waals surface area contributed by atoms with E-state index in [2.05, 4.69) is 60.2 Å². The Morgan fingerprint density at radius 3 is 2.46 bits per heavy atom. The molecule has 0 unspecified atom stereocenters. The number of nitrogens with zero attached hydrogens (tertiary/aromatic N) is 2. The van der Waals surface area contributed by atoms with Crippen molar-refractivity contribution in [3.8, 4) is 5.88 Å². The molecular weight excluding hydrogens is 350 g/mol. The number of hydrogen-bond acceptors (Lipinski definition) is 4. The molecule has 0 atom stereocenters. The highest BCUT2D eigenvalue weighted by Crippen LogP contribution is 2.26. The van der Waals surface area contributed by atoms with Gasteiger partial charge in [-0.25, -0.2) is 4.98 Å². The Balaban J connectivity index is 1.56. The second-order valence-corrected chi connectivity index (χ2v) is 8.32. The van der Waals surface area contributed by atoms with Gasteiger partial charge in [0.15, 0.2) is 0 Å². The van der Waals surface area contributed by atoms with Gasteiger partial charge in [0.2, 0.25) is 5.88 Å². The third-order valence-corrected chi connectivity index (χ3v) is 5.23. The minimum atomic E-state index is -0.107. The highest BCUT2D eigenvalue weighted by atomic mass is 16.5. The van der Waals surface area contributed by atoms with Crippen molar-refractivity contribution >= 4 is 11.6 Å². The molecule has 3 rings (SSSR count). The quantitative estimate of drug-likeness (QED) is 0.844. The van der Waals surface area contributed by atoms with Crippen molar-refractivity contribution in [1.29, 1.82) is 0 Å². The molecule has 0 aliphatic carbocycles. The molecule has 1 fully saturated rings. The summed E-state index contributed by atoms with van der Waals surface area (Å²) in [6.07, 6.45) is 3.50. The zero-order valence-corrected chi connectivity index (χ0v) is 17.4. The maximum absolute atomic E-state index is 12.6. The number of benzene rings is 1. The number of pyridine rings is 1. The van der Waals surface area contributed by atoms with E-state index in [9.17, 15) is 4.79 Å². The molecule has 0 bridgehead atoms. The van der Waals surface area contributed by atoms with Crippen LogP contribution in [0.5, 0.6) is 5.88 Å². The first-order valence-electron chi connectivity index (χ1n) is 10.1. The fraction of sp³-hybridized carbons (Fsp3) is 0.478. The topological polar surface area (TPSA) is 54.5 Å². The lowest BCUT2D eigenvalue weighted by Crippen LogP contribution is -2.44. The van der Waals surface area contributed by atoms with Gasteiger partial charge in [-0.1, -0.05) is 32.9 Å². The van der Waals surface area contributed by atoms with Crippen molar-refractivity contribution in [2.24, 2.45) is 0 Å². The highest BCUT2D eigenvalue weighted by Gasteiger charge is 2.23. The standard InChI is InChI=1S/C23H31N3O2/c1-5-28-22-20(7-6-14-24-22)21(27)25-18-12-15-26(16-13-18)19-10-8-17(9-11-19)23(2,3)4/h6-11,14,18H,5,12-13,15-16H2,1-4H3,(H,25,27). The lowest BCUT2D eigenvalue weighted by Gasteiger charge is -2.34. The van der Waals surface area contributed by atoms with E-state index in [0.29, 0.717) is 18.1 Å². The van der Waals surface area contributed by atoms with Crippen LogP contribution in [0.15, 0.2) is 42.6 Å². The molecule has 1 aliphatic rings. The predicted molar refractivity (Wildman–Crippen MR) is 113 cm³/mol. The Hall–Kier alpha value is -2.56. The van der Waals surface area contributed by atoms with Gasteiger partial charge in [0, 0.05) is 31.0 Å². The SMILES string of the molecule is CCOc1ncccc1C(=O)NC1CCN(c2ccc(C(C)(C)C)cc2)CC1. The van der Waals surface area contributed by atoms with Crippen molar-refractivity contribution in [1.82, 2.24) is 10.3 Å². The third-order valence-electron chi connectivity index (χ3n) is 5.23. The summed E-state index contributed by atoms with van der Waals surface area (Å²) in [6.45, 7) is 10.9. The van der Waals surface area contributed by atoms with E-state index in [-0.39, 0.29) is 17.4 Å². The molecule has 0 radical (unpaired) electrons. The summed E-state index contributed by atoms with van der Waals surface area (Å²) in [5, 5.41) is 3.15. The summed E-state index contributed by atoms with van der Waals surface area (Å²) in [5.41, 5.74) is 3.27. The number of amides is 1. The average Bonchev–Trinajstić information content (AvgIpc) is 2.69. The molecule has 1 saturated heterocycles. The maximum Gasteiger partial charge on any atom is 0.256 e. The molecule has 5 heteroatoms. The van der Waals surface area contributed by atoms with E-state index >= 15 is 0 Å². The molecule has 1 aliphatic heterocycles. The number of rotatable bonds is 5. The molecule has 1 N–H and O–H groups in total. The molecule has 5 nitrogen and oxygen atoms in total. The summed E-state index contributed by atoms with van der Waals surface area (Å²) < 4.78 is 5.48. The maximum atomic E-state index is 12.6. The van der Waals surface area contributed by atoms with Gasteiger partial charge < -0.3 is 15.0 Å². The van der Waals surface area contributed by atoms with Gasteiger partial charge in [-0.15, -0.1) is 0 Å². The number of hydrogen-bond donors (Lipinski definition) is 1. The Morgan fingerprint density at radius 2 is 1.86 bits per heavy atom. The van der Waals surface area contributed by atoms with Crippen LogP contribution in [0.3, 0.4) is 0 Å². The lowest BCUT2D eigenvalue weighted by atomic mass is 9.87. The van der Waals surface area contributed by atoms with Crippen LogP contribution >= 0.6 is 0 Å². The smallest absolute Gasteiger partial charge is 0.256 e. The zero-order valence-electron chi connectivity index (χ0n) is 17.4. The first-order valence-corrected chi connectivity index (χ1v) is 10.1. The van der Waals surface area contributed by atoms with Crippen molar-refractivity contribution in [2.75, 3.05) is 24.6 Å². The molecular formula is C23H31N3O2. The summed E-state index contributed by atoms with van der Waals surface area (Å²) in [6, 6.07) is 12.6. The van der Waals surface area contributed by atoms with Crippen molar-refractivity contribution < 1.29 is 9.53 Å². The van der Waals surface area contributed by atoms with Crippen LogP contribution in [0.25, 0.3) is 0 Å². The van der Waals surface area contributed by atoms with E-state index in [0.717, 1.165) is 25.9 Å². The van der Waals surface area contributed by atoms with E-state index in [1.165, 1.54) is 11.3 Å². The third kappa shape index (κ3) is 4.83. The summed E-state index contributed by atoms with van der Waals surface area (Å²) in [4.78, 5) is 19.2. The van der Waals surface area contributed by atoms with Crippen LogP contribution in [0, 0.1) is 0 Å². The minimum Gasteiger partial charge on any atom is -0.477 e. The van der Waals surface area contributed by atoms with E-state index < -0.39 is 0 Å². The molecule has 1 aromatic heterocycles. The van der Waals surface area contributed by atoms with Crippen LogP contribution in [0.1, 0.15) is 56.5 Å². The largest absolute Gasteiger partial charge is 0.477 e. The first kappa shape index (κ1) is 20.2. The summed E-state index contributed by atoms with van der Waals surface area (Å²) >= 11 is 0. The second-order valence-electron chi connectivity index (χ2n) is 8.32. The van der Waals surface area contributed by atoms with Crippen molar-refractivity contribution in [2.45, 2.75) is 52.0 Å². The van der Waals surface area contributed by atoms with E-state index in [4.69, 9.17) is 4.74 Å². The van der Waals surface area contributed by atoms with Gasteiger partial charge in [-0.2, -0.15) is 0 Å². The number of anilines is 1. The number of nitrogens with one attached hydrogen (secondary N) is 1. The number of carbonyl (C=O) groups excluding carboxylic acids is 1. The minimum absolute atomic E-state index is 0.107. The fourth-order valence-corrected chi connectivity index (χ4v) is 3.53. The molecule has 28 heavy (non-hydrogen) atoms. The second kappa shape index (κ2) is 8.63. The monoisotopic (exact) mass is 381 g/mol.